The molecule has 98 valence electrons. The van der Waals surface area contributed by atoms with Crippen LogP contribution in [0.2, 0.25) is 0 Å². The van der Waals surface area contributed by atoms with Crippen LogP contribution in [0.15, 0.2) is 0 Å². The minimum Gasteiger partial charge on any atom is -0.376 e. The molecule has 1 heterocycles. The Hall–Kier alpha value is -0.610. The molecular formula is C13H24N2O2. The predicted molar refractivity (Wildman–Crippen MR) is 66.5 cm³/mol. The monoisotopic (exact) mass is 240 g/mol. The van der Waals surface area contributed by atoms with Crippen LogP contribution < -0.4 is 5.73 Å². The molecule has 17 heavy (non-hydrogen) atoms. The van der Waals surface area contributed by atoms with Gasteiger partial charge >= 0.3 is 0 Å². The first-order valence-corrected chi connectivity index (χ1v) is 6.75. The zero-order chi connectivity index (χ0) is 12.4. The Morgan fingerprint density at radius 1 is 1.29 bits per heavy atom. The first-order valence-electron chi connectivity index (χ1n) is 6.75. The Morgan fingerprint density at radius 2 is 2.00 bits per heavy atom. The maximum Gasteiger partial charge on any atom is 0.227 e. The van der Waals surface area contributed by atoms with Crippen molar-refractivity contribution >= 4 is 5.91 Å². The van der Waals surface area contributed by atoms with Gasteiger partial charge in [-0.1, -0.05) is 12.8 Å². The summed E-state index contributed by atoms with van der Waals surface area (Å²) in [5, 5.41) is 0. The molecule has 1 aliphatic carbocycles. The number of carbonyl (C=O) groups excluding carboxylic acids is 1. The summed E-state index contributed by atoms with van der Waals surface area (Å²) < 4.78 is 5.53. The number of hydrogen-bond donors (Lipinski definition) is 1. The zero-order valence-electron chi connectivity index (χ0n) is 10.9. The summed E-state index contributed by atoms with van der Waals surface area (Å²) in [6.07, 6.45) is 5.34. The van der Waals surface area contributed by atoms with Crippen LogP contribution in [0.1, 0.15) is 39.0 Å². The van der Waals surface area contributed by atoms with Crippen LogP contribution in [0.25, 0.3) is 0 Å². The fourth-order valence-electron chi connectivity index (χ4n) is 3.12. The highest BCUT2D eigenvalue weighted by atomic mass is 16.5. The van der Waals surface area contributed by atoms with Gasteiger partial charge in [-0.15, -0.1) is 0 Å². The number of nitrogens with zero attached hydrogens (tertiary/aromatic N) is 1. The van der Waals surface area contributed by atoms with Crippen molar-refractivity contribution in [1.29, 1.82) is 0 Å². The summed E-state index contributed by atoms with van der Waals surface area (Å²) in [5.41, 5.74) is 6.07. The summed E-state index contributed by atoms with van der Waals surface area (Å²) in [4.78, 5) is 14.3. The van der Waals surface area contributed by atoms with E-state index in [1.165, 1.54) is 0 Å². The van der Waals surface area contributed by atoms with E-state index in [4.69, 9.17) is 10.5 Å². The van der Waals surface area contributed by atoms with Gasteiger partial charge in [0.15, 0.2) is 0 Å². The minimum atomic E-state index is 0.0292. The van der Waals surface area contributed by atoms with Crippen LogP contribution in [-0.2, 0) is 9.53 Å². The zero-order valence-corrected chi connectivity index (χ0v) is 10.9. The Labute approximate surface area is 103 Å². The molecule has 1 aliphatic heterocycles. The highest BCUT2D eigenvalue weighted by Crippen LogP contribution is 2.27. The number of rotatable bonds is 2. The van der Waals surface area contributed by atoms with Crippen LogP contribution >= 0.6 is 0 Å². The number of ether oxygens (including phenoxy) is 1. The van der Waals surface area contributed by atoms with Crippen molar-refractivity contribution in [1.82, 2.24) is 4.90 Å². The highest BCUT2D eigenvalue weighted by molar-refractivity contribution is 5.79. The number of likely N-dealkylation sites (N-methyl/N-ethyl adjacent to an activating group) is 1. The molecule has 0 spiro atoms. The van der Waals surface area contributed by atoms with Crippen molar-refractivity contribution < 1.29 is 9.53 Å². The molecule has 4 unspecified atom stereocenters. The van der Waals surface area contributed by atoms with E-state index in [0.717, 1.165) is 38.7 Å². The van der Waals surface area contributed by atoms with Crippen LogP contribution in [0.3, 0.4) is 0 Å². The van der Waals surface area contributed by atoms with E-state index in [-0.39, 0.29) is 30.0 Å². The Bertz CT molecular complexity index is 283. The molecule has 1 saturated heterocycles. The van der Waals surface area contributed by atoms with Crippen molar-refractivity contribution in [2.24, 2.45) is 11.7 Å². The molecule has 2 N–H and O–H groups in total. The van der Waals surface area contributed by atoms with Gasteiger partial charge in [0.2, 0.25) is 5.91 Å². The largest absolute Gasteiger partial charge is 0.376 e. The van der Waals surface area contributed by atoms with Gasteiger partial charge in [-0.25, -0.2) is 0 Å². The third kappa shape index (κ3) is 2.63. The predicted octanol–water partition coefficient (Wildman–Crippen LogP) is 1.14. The molecule has 0 aromatic heterocycles. The van der Waals surface area contributed by atoms with E-state index in [0.29, 0.717) is 0 Å². The lowest BCUT2D eigenvalue weighted by Gasteiger charge is -2.34. The average Bonchev–Trinajstić information content (AvgIpc) is 2.74. The maximum atomic E-state index is 12.4. The molecule has 4 heteroatoms. The van der Waals surface area contributed by atoms with E-state index in [9.17, 15) is 4.79 Å². The molecule has 1 amide bonds. The van der Waals surface area contributed by atoms with E-state index in [1.54, 1.807) is 0 Å². The maximum absolute atomic E-state index is 12.4. The van der Waals surface area contributed by atoms with Gasteiger partial charge < -0.3 is 15.4 Å². The molecular weight excluding hydrogens is 216 g/mol. The van der Waals surface area contributed by atoms with E-state index >= 15 is 0 Å². The summed E-state index contributed by atoms with van der Waals surface area (Å²) in [6, 6.07) is 0.285. The van der Waals surface area contributed by atoms with E-state index in [1.807, 2.05) is 18.9 Å². The van der Waals surface area contributed by atoms with E-state index < -0.39 is 0 Å². The molecule has 0 aromatic carbocycles. The highest BCUT2D eigenvalue weighted by Gasteiger charge is 2.36. The lowest BCUT2D eigenvalue weighted by Crippen LogP contribution is -2.49. The van der Waals surface area contributed by atoms with Crippen molar-refractivity contribution in [3.05, 3.63) is 0 Å². The summed E-state index contributed by atoms with van der Waals surface area (Å²) in [6.45, 7) is 2.81. The van der Waals surface area contributed by atoms with E-state index in [2.05, 4.69) is 0 Å². The topological polar surface area (TPSA) is 55.6 Å². The average molecular weight is 240 g/mol. The molecule has 0 radical (unpaired) electrons. The summed E-state index contributed by atoms with van der Waals surface area (Å²) in [5.74, 6) is 0.251. The number of nitrogens with two attached hydrogens (primary N) is 1. The van der Waals surface area contributed by atoms with Gasteiger partial charge in [0.25, 0.3) is 0 Å². The first-order chi connectivity index (χ1) is 8.11. The lowest BCUT2D eigenvalue weighted by molar-refractivity contribution is -0.138. The van der Waals surface area contributed by atoms with Gasteiger partial charge in [0.05, 0.1) is 18.1 Å². The SMILES string of the molecule is CC1OCCC1N(C)C(=O)C1CCCCC1N. The minimum absolute atomic E-state index is 0.0292. The Kier molecular flexibility index (Phi) is 4.05. The quantitative estimate of drug-likeness (QED) is 0.787. The smallest absolute Gasteiger partial charge is 0.227 e. The van der Waals surface area contributed by atoms with Crippen molar-refractivity contribution in [2.75, 3.05) is 13.7 Å². The van der Waals surface area contributed by atoms with Gasteiger partial charge in [-0.3, -0.25) is 4.79 Å². The molecule has 2 aliphatic rings. The summed E-state index contributed by atoms with van der Waals surface area (Å²) in [7, 11) is 1.90. The molecule has 0 bridgehead atoms. The third-order valence-corrected chi connectivity index (χ3v) is 4.32. The molecule has 0 aromatic rings. The van der Waals surface area contributed by atoms with Crippen molar-refractivity contribution in [3.8, 4) is 0 Å². The number of hydrogen-bond acceptors (Lipinski definition) is 3. The fraction of sp³-hybridized carbons (Fsp3) is 0.923. The molecule has 1 saturated carbocycles. The second-order valence-electron chi connectivity index (χ2n) is 5.44. The third-order valence-electron chi connectivity index (χ3n) is 4.32. The van der Waals surface area contributed by atoms with Gasteiger partial charge in [0.1, 0.15) is 0 Å². The van der Waals surface area contributed by atoms with Crippen molar-refractivity contribution in [2.45, 2.75) is 57.2 Å². The standard InChI is InChI=1S/C13H24N2O2/c1-9-12(7-8-17-9)15(2)13(16)10-5-3-4-6-11(10)14/h9-12H,3-8,14H2,1-2H3. The number of amides is 1. The second kappa shape index (κ2) is 5.36. The van der Waals surface area contributed by atoms with Gasteiger partial charge in [-0.2, -0.15) is 0 Å². The lowest BCUT2D eigenvalue weighted by atomic mass is 9.84. The van der Waals surface area contributed by atoms with Crippen molar-refractivity contribution in [3.63, 3.8) is 0 Å². The van der Waals surface area contributed by atoms with Crippen LogP contribution in [0, 0.1) is 5.92 Å². The first kappa shape index (κ1) is 12.8. The van der Waals surface area contributed by atoms with Crippen LogP contribution in [-0.4, -0.2) is 42.6 Å². The fourth-order valence-corrected chi connectivity index (χ4v) is 3.12. The normalized spacial score (nSPS) is 38.1. The second-order valence-corrected chi connectivity index (χ2v) is 5.44. The number of carbonyl (C=O) groups is 1. The molecule has 2 rings (SSSR count). The Morgan fingerprint density at radius 3 is 2.59 bits per heavy atom. The summed E-state index contributed by atoms with van der Waals surface area (Å²) >= 11 is 0. The van der Waals surface area contributed by atoms with Gasteiger partial charge in [0, 0.05) is 19.7 Å². The van der Waals surface area contributed by atoms with Crippen LogP contribution in [0.5, 0.6) is 0 Å². The Balaban J connectivity index is 1.98. The molecule has 4 atom stereocenters. The molecule has 2 fully saturated rings. The van der Waals surface area contributed by atoms with Gasteiger partial charge in [-0.05, 0) is 26.2 Å². The van der Waals surface area contributed by atoms with Crippen LogP contribution in [0.4, 0.5) is 0 Å². The molecule has 4 nitrogen and oxygen atoms in total.